The second-order valence-electron chi connectivity index (χ2n) is 4.51. The van der Waals surface area contributed by atoms with Gasteiger partial charge in [0, 0.05) is 16.2 Å². The smallest absolute Gasteiger partial charge is 0.0604 e. The van der Waals surface area contributed by atoms with E-state index in [2.05, 4.69) is 6.92 Å². The van der Waals surface area contributed by atoms with Gasteiger partial charge in [0.2, 0.25) is 0 Å². The van der Waals surface area contributed by atoms with Gasteiger partial charge in [0.1, 0.15) is 0 Å². The van der Waals surface area contributed by atoms with E-state index in [0.717, 1.165) is 17.7 Å². The van der Waals surface area contributed by atoms with Crippen molar-refractivity contribution in [3.63, 3.8) is 0 Å². The van der Waals surface area contributed by atoms with E-state index in [9.17, 15) is 4.21 Å². The van der Waals surface area contributed by atoms with Gasteiger partial charge in [0.15, 0.2) is 0 Å². The molecule has 1 aliphatic rings. The highest BCUT2D eigenvalue weighted by molar-refractivity contribution is 7.85. The van der Waals surface area contributed by atoms with E-state index in [1.807, 2.05) is 0 Å². The summed E-state index contributed by atoms with van der Waals surface area (Å²) in [6.45, 7) is 2.07. The summed E-state index contributed by atoms with van der Waals surface area (Å²) in [7, 11) is -1.05. The summed E-state index contributed by atoms with van der Waals surface area (Å²) < 4.78 is 12.4. The fraction of sp³-hybridized carbons (Fsp3) is 0.500. The fourth-order valence-corrected chi connectivity index (χ4v) is 4.33. The van der Waals surface area contributed by atoms with Crippen LogP contribution in [0.5, 0.6) is 0 Å². The molecule has 94 valence electrons. The third-order valence-corrected chi connectivity index (χ3v) is 6.12. The Morgan fingerprint density at radius 1 is 1.29 bits per heavy atom. The van der Waals surface area contributed by atoms with Crippen LogP contribution in [0.4, 0.5) is 0 Å². The average molecular weight is 292 g/mol. The zero-order valence-corrected chi connectivity index (χ0v) is 11.9. The lowest BCUT2D eigenvalue weighted by atomic mass is 10.1. The van der Waals surface area contributed by atoms with Crippen molar-refractivity contribution in [2.24, 2.45) is 11.7 Å². The predicted molar refractivity (Wildman–Crippen MR) is 73.0 cm³/mol. The summed E-state index contributed by atoms with van der Waals surface area (Å²) in [5.74, 6) is 0.283. The molecule has 4 atom stereocenters. The van der Waals surface area contributed by atoms with Crippen molar-refractivity contribution >= 4 is 34.0 Å². The Morgan fingerprint density at radius 2 is 2.00 bits per heavy atom. The second-order valence-corrected chi connectivity index (χ2v) is 7.00. The van der Waals surface area contributed by atoms with Gasteiger partial charge in [-0.25, -0.2) is 0 Å². The third-order valence-electron chi connectivity index (χ3n) is 3.44. The van der Waals surface area contributed by atoms with Gasteiger partial charge in [-0.15, -0.1) is 0 Å². The highest BCUT2D eigenvalue weighted by Crippen LogP contribution is 2.33. The molecule has 0 amide bonds. The third kappa shape index (κ3) is 2.68. The van der Waals surface area contributed by atoms with Gasteiger partial charge in [0.25, 0.3) is 0 Å². The summed E-state index contributed by atoms with van der Waals surface area (Å²) in [5.41, 5.74) is 5.96. The molecule has 1 saturated carbocycles. The minimum absolute atomic E-state index is 0.127. The van der Waals surface area contributed by atoms with E-state index in [4.69, 9.17) is 28.9 Å². The molecule has 17 heavy (non-hydrogen) atoms. The first-order valence-electron chi connectivity index (χ1n) is 5.62. The molecule has 2 N–H and O–H groups in total. The maximum absolute atomic E-state index is 12.4. The molecule has 1 fully saturated rings. The quantitative estimate of drug-likeness (QED) is 0.909. The van der Waals surface area contributed by atoms with Gasteiger partial charge in [-0.1, -0.05) is 30.1 Å². The van der Waals surface area contributed by atoms with Gasteiger partial charge in [-0.2, -0.15) is 0 Å². The molecule has 2 rings (SSSR count). The van der Waals surface area contributed by atoms with E-state index in [-0.39, 0.29) is 17.2 Å². The molecule has 0 aliphatic heterocycles. The number of hydrogen-bond acceptors (Lipinski definition) is 2. The summed E-state index contributed by atoms with van der Waals surface area (Å²) in [5, 5.41) is 1.07. The van der Waals surface area contributed by atoms with Gasteiger partial charge in [0.05, 0.1) is 20.8 Å². The molecule has 0 heterocycles. The zero-order chi connectivity index (χ0) is 12.6. The highest BCUT2D eigenvalue weighted by Gasteiger charge is 2.34. The SMILES string of the molecule is CC1C(N)CCC1S(=O)c1ccc(Cl)c(Cl)c1. The molecule has 1 aromatic carbocycles. The maximum Gasteiger partial charge on any atom is 0.0604 e. The normalized spacial score (nSPS) is 30.5. The van der Waals surface area contributed by atoms with Crippen molar-refractivity contribution in [3.8, 4) is 0 Å². The number of benzene rings is 1. The molecule has 5 heteroatoms. The number of halogens is 2. The van der Waals surface area contributed by atoms with E-state index in [1.54, 1.807) is 18.2 Å². The second kappa shape index (κ2) is 5.27. The van der Waals surface area contributed by atoms with Crippen LogP contribution >= 0.6 is 23.2 Å². The first kappa shape index (κ1) is 13.3. The molecule has 0 spiro atoms. The molecule has 0 bridgehead atoms. The Kier molecular flexibility index (Phi) is 4.14. The van der Waals surface area contributed by atoms with Crippen molar-refractivity contribution < 1.29 is 4.21 Å². The molecule has 1 aliphatic carbocycles. The molecule has 4 unspecified atom stereocenters. The van der Waals surface area contributed by atoms with Gasteiger partial charge >= 0.3 is 0 Å². The van der Waals surface area contributed by atoms with E-state index < -0.39 is 10.8 Å². The van der Waals surface area contributed by atoms with Crippen LogP contribution in [-0.4, -0.2) is 15.5 Å². The minimum atomic E-state index is -1.05. The molecule has 1 aromatic rings. The van der Waals surface area contributed by atoms with Gasteiger partial charge in [-0.3, -0.25) is 4.21 Å². The Labute approximate surface area is 114 Å². The van der Waals surface area contributed by atoms with Crippen LogP contribution in [-0.2, 0) is 10.8 Å². The number of rotatable bonds is 2. The van der Waals surface area contributed by atoms with Crippen LogP contribution in [0.2, 0.25) is 10.0 Å². The van der Waals surface area contributed by atoms with Crippen LogP contribution in [0.25, 0.3) is 0 Å². The van der Waals surface area contributed by atoms with Crippen LogP contribution in [0.1, 0.15) is 19.8 Å². The number of nitrogens with two attached hydrogens (primary N) is 1. The Bertz CT molecular complexity index is 452. The molecule has 0 aromatic heterocycles. The van der Waals surface area contributed by atoms with Gasteiger partial charge in [-0.05, 0) is 37.0 Å². The maximum atomic E-state index is 12.4. The summed E-state index contributed by atoms with van der Waals surface area (Å²) >= 11 is 11.8. The van der Waals surface area contributed by atoms with Crippen molar-refractivity contribution in [1.29, 1.82) is 0 Å². The monoisotopic (exact) mass is 291 g/mol. The summed E-state index contributed by atoms with van der Waals surface area (Å²) in [6.07, 6.45) is 1.86. The van der Waals surface area contributed by atoms with Crippen molar-refractivity contribution in [1.82, 2.24) is 0 Å². The predicted octanol–water partition coefficient (Wildman–Crippen LogP) is 3.23. The Hall–Kier alpha value is -0.0900. The van der Waals surface area contributed by atoms with Crippen LogP contribution in [0.15, 0.2) is 23.1 Å². The largest absolute Gasteiger partial charge is 0.327 e. The zero-order valence-electron chi connectivity index (χ0n) is 9.53. The lowest BCUT2D eigenvalue weighted by Gasteiger charge is -2.17. The summed E-state index contributed by atoms with van der Waals surface area (Å²) in [4.78, 5) is 0.741. The standard InChI is InChI=1S/C12H15Cl2NOS/c1-7-11(15)4-5-12(7)17(16)8-2-3-9(13)10(14)6-8/h2-3,6-7,11-12H,4-5,15H2,1H3. The van der Waals surface area contributed by atoms with Crippen LogP contribution in [0, 0.1) is 5.92 Å². The Morgan fingerprint density at radius 3 is 2.53 bits per heavy atom. The molecular weight excluding hydrogens is 277 g/mol. The highest BCUT2D eigenvalue weighted by atomic mass is 35.5. The lowest BCUT2D eigenvalue weighted by Crippen LogP contribution is -2.29. The van der Waals surface area contributed by atoms with Crippen molar-refractivity contribution in [2.45, 2.75) is 36.0 Å². The van der Waals surface area contributed by atoms with Crippen LogP contribution < -0.4 is 5.73 Å². The van der Waals surface area contributed by atoms with Crippen molar-refractivity contribution in [2.75, 3.05) is 0 Å². The summed E-state index contributed by atoms with van der Waals surface area (Å²) in [6, 6.07) is 5.32. The van der Waals surface area contributed by atoms with Crippen LogP contribution in [0.3, 0.4) is 0 Å². The van der Waals surface area contributed by atoms with Gasteiger partial charge < -0.3 is 5.73 Å². The number of hydrogen-bond donors (Lipinski definition) is 1. The molecule has 2 nitrogen and oxygen atoms in total. The average Bonchev–Trinajstić information content (AvgIpc) is 2.63. The minimum Gasteiger partial charge on any atom is -0.327 e. The lowest BCUT2D eigenvalue weighted by molar-refractivity contribution is 0.526. The molecule has 0 saturated heterocycles. The topological polar surface area (TPSA) is 43.1 Å². The molecule has 0 radical (unpaired) electrons. The first-order valence-corrected chi connectivity index (χ1v) is 7.59. The Balaban J connectivity index is 2.22. The van der Waals surface area contributed by atoms with Crippen molar-refractivity contribution in [3.05, 3.63) is 28.2 Å². The van der Waals surface area contributed by atoms with E-state index in [1.165, 1.54) is 0 Å². The van der Waals surface area contributed by atoms with E-state index >= 15 is 0 Å². The molecular formula is C12H15Cl2NOS. The van der Waals surface area contributed by atoms with E-state index in [0.29, 0.717) is 10.0 Å². The first-order chi connectivity index (χ1) is 8.00. The fourth-order valence-electron chi connectivity index (χ4n) is 2.24.